The number of nitrogens with zero attached hydrogens (tertiary/aromatic N) is 1. The van der Waals surface area contributed by atoms with Gasteiger partial charge in [-0.25, -0.2) is 4.79 Å². The molecule has 0 saturated carbocycles. The van der Waals surface area contributed by atoms with E-state index in [1.807, 2.05) is 72.8 Å². The van der Waals surface area contributed by atoms with Crippen LogP contribution in [0.15, 0.2) is 85.1 Å². The van der Waals surface area contributed by atoms with Crippen molar-refractivity contribution < 1.29 is 9.53 Å². The quantitative estimate of drug-likeness (QED) is 0.645. The van der Waals surface area contributed by atoms with Crippen molar-refractivity contribution in [3.8, 4) is 11.3 Å². The molecule has 2 aromatic carbocycles. The Labute approximate surface area is 141 Å². The Morgan fingerprint density at radius 3 is 2.46 bits per heavy atom. The van der Waals surface area contributed by atoms with Crippen LogP contribution in [-0.4, -0.2) is 17.6 Å². The minimum atomic E-state index is -0.321. The molecule has 118 valence electrons. The largest absolute Gasteiger partial charge is 0.458 e. The zero-order valence-electron chi connectivity index (χ0n) is 13.1. The Morgan fingerprint density at radius 2 is 1.67 bits per heavy atom. The topological polar surface area (TPSA) is 39.2 Å². The van der Waals surface area contributed by atoms with Crippen molar-refractivity contribution in [2.24, 2.45) is 0 Å². The van der Waals surface area contributed by atoms with E-state index in [4.69, 9.17) is 4.74 Å². The predicted molar refractivity (Wildman–Crippen MR) is 95.4 cm³/mol. The lowest BCUT2D eigenvalue weighted by Crippen LogP contribution is -2.04. The summed E-state index contributed by atoms with van der Waals surface area (Å²) in [5.74, 6) is -0.321. The van der Waals surface area contributed by atoms with Crippen LogP contribution in [0.2, 0.25) is 0 Å². The van der Waals surface area contributed by atoms with Gasteiger partial charge in [0, 0.05) is 11.8 Å². The molecule has 0 radical (unpaired) electrons. The average molecular weight is 315 g/mol. The summed E-state index contributed by atoms with van der Waals surface area (Å²) in [6, 6.07) is 22.8. The van der Waals surface area contributed by atoms with Crippen molar-refractivity contribution in [3.05, 3.63) is 96.2 Å². The molecule has 3 heteroatoms. The average Bonchev–Trinajstić information content (AvgIpc) is 2.67. The smallest absolute Gasteiger partial charge is 0.338 e. The molecule has 24 heavy (non-hydrogen) atoms. The molecule has 0 saturated heterocycles. The molecule has 0 N–H and O–H groups in total. The summed E-state index contributed by atoms with van der Waals surface area (Å²) in [6.07, 6.45) is 5.56. The second kappa shape index (κ2) is 7.88. The lowest BCUT2D eigenvalue weighted by molar-refractivity contribution is 0.0550. The summed E-state index contributed by atoms with van der Waals surface area (Å²) >= 11 is 0. The van der Waals surface area contributed by atoms with E-state index in [0.29, 0.717) is 5.56 Å². The lowest BCUT2D eigenvalue weighted by Gasteiger charge is -2.05. The second-order valence-corrected chi connectivity index (χ2v) is 5.17. The van der Waals surface area contributed by atoms with Crippen LogP contribution in [0.3, 0.4) is 0 Å². The molecule has 1 heterocycles. The molecule has 0 atom stereocenters. The van der Waals surface area contributed by atoms with E-state index >= 15 is 0 Å². The van der Waals surface area contributed by atoms with Crippen molar-refractivity contribution in [2.75, 3.05) is 6.61 Å². The fraction of sp³-hybridized carbons (Fsp3) is 0.0476. The van der Waals surface area contributed by atoms with Crippen LogP contribution >= 0.6 is 0 Å². The number of carbonyl (C=O) groups excluding carboxylic acids is 1. The van der Waals surface area contributed by atoms with E-state index in [9.17, 15) is 4.79 Å². The van der Waals surface area contributed by atoms with Gasteiger partial charge in [0.25, 0.3) is 0 Å². The first-order valence-corrected chi connectivity index (χ1v) is 7.74. The highest BCUT2D eigenvalue weighted by atomic mass is 16.5. The van der Waals surface area contributed by atoms with Gasteiger partial charge in [0.2, 0.25) is 0 Å². The molecule has 0 aliphatic rings. The van der Waals surface area contributed by atoms with Gasteiger partial charge in [-0.1, -0.05) is 54.6 Å². The lowest BCUT2D eigenvalue weighted by atomic mass is 10.0. The molecule has 3 nitrogen and oxygen atoms in total. The molecule has 0 bridgehead atoms. The van der Waals surface area contributed by atoms with Crippen molar-refractivity contribution in [3.63, 3.8) is 0 Å². The second-order valence-electron chi connectivity index (χ2n) is 5.17. The Bertz CT molecular complexity index is 827. The molecule has 3 rings (SSSR count). The van der Waals surface area contributed by atoms with Crippen molar-refractivity contribution in [1.82, 2.24) is 4.98 Å². The zero-order chi connectivity index (χ0) is 16.6. The maximum Gasteiger partial charge on any atom is 0.338 e. The van der Waals surface area contributed by atoms with E-state index in [-0.39, 0.29) is 12.6 Å². The monoisotopic (exact) mass is 315 g/mol. The maximum absolute atomic E-state index is 11.9. The first-order valence-electron chi connectivity index (χ1n) is 7.74. The van der Waals surface area contributed by atoms with Gasteiger partial charge in [-0.3, -0.25) is 4.98 Å². The third-order valence-electron chi connectivity index (χ3n) is 3.52. The maximum atomic E-state index is 11.9. The van der Waals surface area contributed by atoms with Crippen LogP contribution in [0, 0.1) is 0 Å². The standard InChI is InChI=1S/C21H17NO2/c23-21(18-10-2-1-3-11-18)24-16-8-12-17-9-4-5-13-19(17)20-14-6-7-15-22-20/h1-15H,16H2/b12-8+. The molecular weight excluding hydrogens is 298 g/mol. The van der Waals surface area contributed by atoms with E-state index in [0.717, 1.165) is 16.8 Å². The molecule has 0 spiro atoms. The molecular formula is C21H17NO2. The first kappa shape index (κ1) is 15.7. The summed E-state index contributed by atoms with van der Waals surface area (Å²) in [4.78, 5) is 16.3. The molecule has 0 amide bonds. The van der Waals surface area contributed by atoms with Gasteiger partial charge in [-0.2, -0.15) is 0 Å². The number of ether oxygens (including phenoxy) is 1. The van der Waals surface area contributed by atoms with E-state index in [1.54, 1.807) is 18.3 Å². The summed E-state index contributed by atoms with van der Waals surface area (Å²) in [6.45, 7) is 0.226. The molecule has 1 aromatic heterocycles. The van der Waals surface area contributed by atoms with Crippen molar-refractivity contribution in [1.29, 1.82) is 0 Å². The fourth-order valence-electron chi connectivity index (χ4n) is 2.35. The number of carbonyl (C=O) groups is 1. The minimum Gasteiger partial charge on any atom is -0.458 e. The summed E-state index contributed by atoms with van der Waals surface area (Å²) in [5.41, 5.74) is 3.55. The molecule has 0 aliphatic carbocycles. The van der Waals surface area contributed by atoms with Gasteiger partial charge in [-0.05, 0) is 35.9 Å². The number of benzene rings is 2. The Kier molecular flexibility index (Phi) is 5.15. The third-order valence-corrected chi connectivity index (χ3v) is 3.52. The van der Waals surface area contributed by atoms with Crippen molar-refractivity contribution >= 4 is 12.0 Å². The van der Waals surface area contributed by atoms with Gasteiger partial charge in [-0.15, -0.1) is 0 Å². The third kappa shape index (κ3) is 3.96. The molecule has 0 unspecified atom stereocenters. The van der Waals surface area contributed by atoms with Gasteiger partial charge in [0.15, 0.2) is 0 Å². The summed E-state index contributed by atoms with van der Waals surface area (Å²) in [7, 11) is 0. The minimum absolute atomic E-state index is 0.226. The Balaban J connectivity index is 1.66. The zero-order valence-corrected chi connectivity index (χ0v) is 13.1. The highest BCUT2D eigenvalue weighted by Gasteiger charge is 2.05. The van der Waals surface area contributed by atoms with Crippen LogP contribution in [0.5, 0.6) is 0 Å². The normalized spacial score (nSPS) is 10.7. The number of rotatable bonds is 5. The van der Waals surface area contributed by atoms with Crippen LogP contribution in [-0.2, 0) is 4.74 Å². The fourth-order valence-corrected chi connectivity index (χ4v) is 2.35. The highest BCUT2D eigenvalue weighted by Crippen LogP contribution is 2.22. The predicted octanol–water partition coefficient (Wildman–Crippen LogP) is 4.62. The number of esters is 1. The molecule has 0 aliphatic heterocycles. The highest BCUT2D eigenvalue weighted by molar-refractivity contribution is 5.89. The molecule has 0 fully saturated rings. The Morgan fingerprint density at radius 1 is 0.917 bits per heavy atom. The van der Waals surface area contributed by atoms with Crippen LogP contribution in [0.4, 0.5) is 0 Å². The van der Waals surface area contributed by atoms with Crippen LogP contribution in [0.25, 0.3) is 17.3 Å². The first-order chi connectivity index (χ1) is 11.8. The molecule has 3 aromatic rings. The van der Waals surface area contributed by atoms with Gasteiger partial charge < -0.3 is 4.74 Å². The van der Waals surface area contributed by atoms with Crippen LogP contribution in [0.1, 0.15) is 15.9 Å². The van der Waals surface area contributed by atoms with E-state index in [2.05, 4.69) is 4.98 Å². The Hall–Kier alpha value is -3.20. The number of hydrogen-bond donors (Lipinski definition) is 0. The number of hydrogen-bond acceptors (Lipinski definition) is 3. The van der Waals surface area contributed by atoms with Crippen LogP contribution < -0.4 is 0 Å². The van der Waals surface area contributed by atoms with Gasteiger partial charge in [0.05, 0.1) is 11.3 Å². The number of aromatic nitrogens is 1. The van der Waals surface area contributed by atoms with E-state index < -0.39 is 0 Å². The number of pyridine rings is 1. The van der Waals surface area contributed by atoms with Gasteiger partial charge >= 0.3 is 5.97 Å². The van der Waals surface area contributed by atoms with Crippen molar-refractivity contribution in [2.45, 2.75) is 0 Å². The van der Waals surface area contributed by atoms with Gasteiger partial charge in [0.1, 0.15) is 6.61 Å². The SMILES string of the molecule is O=C(OC/C=C/c1ccccc1-c1ccccn1)c1ccccc1. The summed E-state index contributed by atoms with van der Waals surface area (Å²) < 4.78 is 5.25. The van der Waals surface area contributed by atoms with E-state index in [1.165, 1.54) is 0 Å². The summed E-state index contributed by atoms with van der Waals surface area (Å²) in [5, 5.41) is 0.